The Hall–Kier alpha value is -2.91. The monoisotopic (exact) mass is 432 g/mol. The first-order valence-corrected chi connectivity index (χ1v) is 11.1. The van der Waals surface area contributed by atoms with Crippen molar-refractivity contribution in [1.29, 1.82) is 0 Å². The fourth-order valence-electron chi connectivity index (χ4n) is 2.62. The Labute approximate surface area is 173 Å². The van der Waals surface area contributed by atoms with Crippen molar-refractivity contribution in [2.45, 2.75) is 11.8 Å². The topological polar surface area (TPSA) is 94.6 Å². The maximum atomic E-state index is 12.4. The van der Waals surface area contributed by atoms with Gasteiger partial charge in [0.05, 0.1) is 24.8 Å². The average molecular weight is 433 g/mol. The molecule has 3 aromatic rings. The first-order valence-electron chi connectivity index (χ1n) is 8.59. The number of sulfone groups is 1. The summed E-state index contributed by atoms with van der Waals surface area (Å²) < 4.78 is 35.4. The van der Waals surface area contributed by atoms with Crippen molar-refractivity contribution in [2.75, 3.05) is 25.3 Å². The number of hydrogen-bond donors (Lipinski definition) is 1. The third-order valence-electron chi connectivity index (χ3n) is 4.14. The Balaban J connectivity index is 1.73. The van der Waals surface area contributed by atoms with E-state index in [0.29, 0.717) is 22.3 Å². The first kappa shape index (κ1) is 20.8. The van der Waals surface area contributed by atoms with E-state index in [0.717, 1.165) is 11.1 Å². The number of carbonyl (C=O) groups is 1. The van der Waals surface area contributed by atoms with Crippen molar-refractivity contribution in [3.8, 4) is 22.8 Å². The Morgan fingerprint density at radius 2 is 1.83 bits per heavy atom. The molecule has 0 radical (unpaired) electrons. The van der Waals surface area contributed by atoms with Gasteiger partial charge in [-0.3, -0.25) is 4.79 Å². The number of nitrogens with zero attached hydrogens (tertiary/aromatic N) is 1. The highest BCUT2D eigenvalue weighted by Crippen LogP contribution is 2.34. The Morgan fingerprint density at radius 1 is 1.10 bits per heavy atom. The highest BCUT2D eigenvalue weighted by molar-refractivity contribution is 7.92. The highest BCUT2D eigenvalue weighted by Gasteiger charge is 2.20. The number of carbonyl (C=O) groups excluding carboxylic acids is 1. The van der Waals surface area contributed by atoms with Crippen LogP contribution in [0, 0.1) is 6.92 Å². The van der Waals surface area contributed by atoms with Gasteiger partial charge in [0.25, 0.3) is 0 Å². The molecular weight excluding hydrogens is 412 g/mol. The minimum Gasteiger partial charge on any atom is -0.497 e. The lowest BCUT2D eigenvalue weighted by atomic mass is 10.1. The molecule has 7 nitrogen and oxygen atoms in total. The summed E-state index contributed by atoms with van der Waals surface area (Å²) in [6.45, 7) is 1.86. The van der Waals surface area contributed by atoms with Crippen molar-refractivity contribution in [3.63, 3.8) is 0 Å². The predicted molar refractivity (Wildman–Crippen MR) is 113 cm³/mol. The molecule has 0 spiro atoms. The molecule has 0 aliphatic heterocycles. The summed E-state index contributed by atoms with van der Waals surface area (Å²) in [5.74, 6) is -0.0741. The van der Waals surface area contributed by atoms with Crippen LogP contribution in [0.3, 0.4) is 0 Å². The molecule has 0 atom stereocenters. The van der Waals surface area contributed by atoms with Crippen molar-refractivity contribution in [1.82, 2.24) is 4.98 Å². The second-order valence-electron chi connectivity index (χ2n) is 6.22. The van der Waals surface area contributed by atoms with Crippen LogP contribution in [0.4, 0.5) is 5.13 Å². The number of methoxy groups -OCH3 is 2. The Bertz CT molecular complexity index is 1120. The molecule has 9 heteroatoms. The maximum Gasteiger partial charge on any atom is 0.241 e. The lowest BCUT2D eigenvalue weighted by Gasteiger charge is -2.08. The molecule has 0 saturated carbocycles. The van der Waals surface area contributed by atoms with Crippen LogP contribution in [0.1, 0.15) is 5.56 Å². The number of hydrogen-bond acceptors (Lipinski definition) is 7. The van der Waals surface area contributed by atoms with E-state index in [1.165, 1.54) is 23.5 Å². The number of anilines is 1. The van der Waals surface area contributed by atoms with Crippen LogP contribution in [-0.4, -0.2) is 39.3 Å². The molecule has 0 aliphatic carbocycles. The number of amides is 1. The van der Waals surface area contributed by atoms with E-state index in [2.05, 4.69) is 10.3 Å². The molecular formula is C20H20N2O5S2. The van der Waals surface area contributed by atoms with E-state index in [9.17, 15) is 13.2 Å². The first-order chi connectivity index (χ1) is 13.8. The summed E-state index contributed by atoms with van der Waals surface area (Å²) in [6.07, 6.45) is 0. The lowest BCUT2D eigenvalue weighted by Crippen LogP contribution is -2.23. The second kappa shape index (κ2) is 8.62. The summed E-state index contributed by atoms with van der Waals surface area (Å²) in [4.78, 5) is 16.7. The number of nitrogens with one attached hydrogen (secondary N) is 1. The van der Waals surface area contributed by atoms with Crippen LogP contribution < -0.4 is 14.8 Å². The van der Waals surface area contributed by atoms with Gasteiger partial charge in [-0.1, -0.05) is 17.7 Å². The van der Waals surface area contributed by atoms with Crippen LogP contribution in [0.25, 0.3) is 11.3 Å². The molecule has 1 N–H and O–H groups in total. The second-order valence-corrected chi connectivity index (χ2v) is 9.07. The average Bonchev–Trinajstić information content (AvgIpc) is 3.15. The van der Waals surface area contributed by atoms with Gasteiger partial charge in [-0.15, -0.1) is 11.3 Å². The number of aromatic nitrogens is 1. The molecule has 29 heavy (non-hydrogen) atoms. The van der Waals surface area contributed by atoms with Gasteiger partial charge in [-0.25, -0.2) is 13.4 Å². The van der Waals surface area contributed by atoms with E-state index in [1.807, 2.05) is 6.92 Å². The maximum absolute atomic E-state index is 12.4. The van der Waals surface area contributed by atoms with E-state index in [4.69, 9.17) is 9.47 Å². The predicted octanol–water partition coefficient (Wildman–Crippen LogP) is 3.55. The quantitative estimate of drug-likeness (QED) is 0.614. The standard InChI is InChI=1S/C20H20N2O5S2/c1-13-4-7-15(8-5-13)29(24,25)12-19(23)22-20-21-17(11-28-20)16-9-6-14(26-2)10-18(16)27-3/h4-11H,12H2,1-3H3,(H,21,22,23). The normalized spacial score (nSPS) is 11.1. The van der Waals surface area contributed by atoms with E-state index >= 15 is 0 Å². The lowest BCUT2D eigenvalue weighted by molar-refractivity contribution is -0.113. The van der Waals surface area contributed by atoms with E-state index in [-0.39, 0.29) is 4.90 Å². The minimum absolute atomic E-state index is 0.112. The molecule has 1 aromatic heterocycles. The third-order valence-corrected chi connectivity index (χ3v) is 6.53. The minimum atomic E-state index is -3.73. The highest BCUT2D eigenvalue weighted by atomic mass is 32.2. The number of ether oxygens (including phenoxy) is 2. The van der Waals surface area contributed by atoms with Gasteiger partial charge < -0.3 is 14.8 Å². The molecule has 3 rings (SSSR count). The molecule has 0 fully saturated rings. The zero-order chi connectivity index (χ0) is 21.0. The van der Waals surface area contributed by atoms with Gasteiger partial charge in [0.15, 0.2) is 15.0 Å². The van der Waals surface area contributed by atoms with Crippen molar-refractivity contribution in [3.05, 3.63) is 53.4 Å². The number of aryl methyl sites for hydroxylation is 1. The summed E-state index contributed by atoms with van der Waals surface area (Å²) in [6, 6.07) is 11.7. The van der Waals surface area contributed by atoms with Gasteiger partial charge >= 0.3 is 0 Å². The van der Waals surface area contributed by atoms with Crippen LogP contribution in [0.2, 0.25) is 0 Å². The number of rotatable bonds is 7. The largest absolute Gasteiger partial charge is 0.497 e. The molecule has 0 aliphatic rings. The smallest absolute Gasteiger partial charge is 0.241 e. The fourth-order valence-corrected chi connectivity index (χ4v) is 4.48. The van der Waals surface area contributed by atoms with Gasteiger partial charge in [0.2, 0.25) is 5.91 Å². The Morgan fingerprint density at radius 3 is 2.48 bits per heavy atom. The van der Waals surface area contributed by atoms with E-state index < -0.39 is 21.5 Å². The third kappa shape index (κ3) is 4.93. The SMILES string of the molecule is COc1ccc(-c2csc(NC(=O)CS(=O)(=O)c3ccc(C)cc3)n2)c(OC)c1. The zero-order valence-electron chi connectivity index (χ0n) is 16.1. The molecule has 2 aromatic carbocycles. The van der Waals surface area contributed by atoms with Crippen LogP contribution in [-0.2, 0) is 14.6 Å². The zero-order valence-corrected chi connectivity index (χ0v) is 17.8. The molecule has 152 valence electrons. The van der Waals surface area contributed by atoms with Gasteiger partial charge in [-0.05, 0) is 31.2 Å². The van der Waals surface area contributed by atoms with Crippen molar-refractivity contribution < 1.29 is 22.7 Å². The molecule has 0 bridgehead atoms. The van der Waals surface area contributed by atoms with Crippen molar-refractivity contribution in [2.24, 2.45) is 0 Å². The van der Waals surface area contributed by atoms with Gasteiger partial charge in [-0.2, -0.15) is 0 Å². The van der Waals surface area contributed by atoms with Gasteiger partial charge in [0, 0.05) is 17.0 Å². The van der Waals surface area contributed by atoms with Crippen molar-refractivity contribution >= 4 is 32.2 Å². The molecule has 0 unspecified atom stereocenters. The number of benzene rings is 2. The van der Waals surface area contributed by atoms with E-state index in [1.54, 1.807) is 49.9 Å². The molecule has 0 saturated heterocycles. The summed E-state index contributed by atoms with van der Waals surface area (Å²) in [5.41, 5.74) is 2.28. The van der Waals surface area contributed by atoms with Crippen LogP contribution in [0.5, 0.6) is 11.5 Å². The van der Waals surface area contributed by atoms with Crippen LogP contribution in [0.15, 0.2) is 52.7 Å². The van der Waals surface area contributed by atoms with Gasteiger partial charge in [0.1, 0.15) is 17.3 Å². The Kier molecular flexibility index (Phi) is 6.19. The van der Waals surface area contributed by atoms with Crippen LogP contribution >= 0.6 is 11.3 Å². The summed E-state index contributed by atoms with van der Waals surface area (Å²) in [5, 5.41) is 4.62. The number of thiazole rings is 1. The summed E-state index contributed by atoms with van der Waals surface area (Å²) >= 11 is 1.20. The molecule has 1 amide bonds. The molecule has 1 heterocycles. The summed E-state index contributed by atoms with van der Waals surface area (Å²) in [7, 11) is -0.619. The fraction of sp³-hybridized carbons (Fsp3) is 0.200.